The van der Waals surface area contributed by atoms with Crippen molar-refractivity contribution in [2.45, 2.75) is 106 Å². The SMILES string of the molecule is CCCCC(=O)Oc1c(C(C)(C)C)cc(C)c(C)c1-c1c(C)c(C)cc(C(C)(C)C)c1O. The Kier molecular flexibility index (Phi) is 7.54. The lowest BCUT2D eigenvalue weighted by Gasteiger charge is -2.29. The van der Waals surface area contributed by atoms with E-state index >= 15 is 0 Å². The second kappa shape index (κ2) is 9.29. The molecule has 176 valence electrons. The van der Waals surface area contributed by atoms with Crippen molar-refractivity contribution < 1.29 is 14.6 Å². The van der Waals surface area contributed by atoms with Gasteiger partial charge >= 0.3 is 5.97 Å². The predicted octanol–water partition coefficient (Wildman–Crippen LogP) is 7.98. The quantitative estimate of drug-likeness (QED) is 0.380. The molecule has 32 heavy (non-hydrogen) atoms. The van der Waals surface area contributed by atoms with Crippen molar-refractivity contribution in [3.05, 3.63) is 45.5 Å². The molecule has 0 atom stereocenters. The number of rotatable bonds is 5. The molecule has 0 aromatic heterocycles. The molecule has 0 saturated heterocycles. The number of carbonyl (C=O) groups excluding carboxylic acids is 1. The molecule has 0 fully saturated rings. The van der Waals surface area contributed by atoms with E-state index in [9.17, 15) is 9.90 Å². The second-order valence-corrected chi connectivity index (χ2v) is 11.2. The van der Waals surface area contributed by atoms with Crippen LogP contribution in [0.15, 0.2) is 12.1 Å². The van der Waals surface area contributed by atoms with Crippen molar-refractivity contribution >= 4 is 5.97 Å². The third kappa shape index (κ3) is 5.19. The molecule has 1 N–H and O–H groups in total. The van der Waals surface area contributed by atoms with Crippen molar-refractivity contribution in [2.75, 3.05) is 0 Å². The molecule has 0 aliphatic heterocycles. The van der Waals surface area contributed by atoms with Crippen LogP contribution < -0.4 is 4.74 Å². The van der Waals surface area contributed by atoms with Gasteiger partial charge in [0.25, 0.3) is 0 Å². The Morgan fingerprint density at radius 3 is 1.78 bits per heavy atom. The first-order valence-electron chi connectivity index (χ1n) is 11.8. The van der Waals surface area contributed by atoms with Gasteiger partial charge in [0.05, 0.1) is 0 Å². The fourth-order valence-corrected chi connectivity index (χ4v) is 4.12. The fraction of sp³-hybridized carbons (Fsp3) is 0.552. The largest absolute Gasteiger partial charge is 0.507 e. The van der Waals surface area contributed by atoms with E-state index in [0.717, 1.165) is 57.3 Å². The van der Waals surface area contributed by atoms with Gasteiger partial charge in [-0.3, -0.25) is 4.79 Å². The summed E-state index contributed by atoms with van der Waals surface area (Å²) in [5.74, 6) is 0.647. The minimum absolute atomic E-state index is 0.220. The number of phenols is 1. The van der Waals surface area contributed by atoms with Crippen molar-refractivity contribution in [3.8, 4) is 22.6 Å². The van der Waals surface area contributed by atoms with Crippen LogP contribution in [0.2, 0.25) is 0 Å². The Morgan fingerprint density at radius 1 is 0.844 bits per heavy atom. The van der Waals surface area contributed by atoms with E-state index in [4.69, 9.17) is 4.74 Å². The zero-order chi connectivity index (χ0) is 24.6. The third-order valence-electron chi connectivity index (χ3n) is 6.43. The number of aryl methyl sites for hydroxylation is 2. The van der Waals surface area contributed by atoms with Gasteiger partial charge in [0, 0.05) is 28.7 Å². The van der Waals surface area contributed by atoms with Crippen molar-refractivity contribution in [2.24, 2.45) is 0 Å². The maximum atomic E-state index is 12.8. The number of ether oxygens (including phenoxy) is 1. The summed E-state index contributed by atoms with van der Waals surface area (Å²) in [5, 5.41) is 11.6. The van der Waals surface area contributed by atoms with E-state index in [2.05, 4.69) is 81.4 Å². The maximum absolute atomic E-state index is 12.8. The minimum Gasteiger partial charge on any atom is -0.507 e. The summed E-state index contributed by atoms with van der Waals surface area (Å²) < 4.78 is 6.12. The topological polar surface area (TPSA) is 46.5 Å². The lowest BCUT2D eigenvalue weighted by Crippen LogP contribution is -2.19. The number of hydrogen-bond acceptors (Lipinski definition) is 3. The highest BCUT2D eigenvalue weighted by Crippen LogP contribution is 2.49. The first-order chi connectivity index (χ1) is 14.6. The lowest BCUT2D eigenvalue weighted by atomic mass is 9.77. The number of phenolic OH excluding ortho intramolecular Hbond substituents is 1. The van der Waals surface area contributed by atoms with Gasteiger partial charge in [-0.25, -0.2) is 0 Å². The molecule has 0 unspecified atom stereocenters. The summed E-state index contributed by atoms with van der Waals surface area (Å²) >= 11 is 0. The molecular formula is C29H42O3. The van der Waals surface area contributed by atoms with Crippen LogP contribution in [0.3, 0.4) is 0 Å². The van der Waals surface area contributed by atoms with Gasteiger partial charge in [-0.05, 0) is 67.2 Å². The van der Waals surface area contributed by atoms with Crippen LogP contribution in [0.25, 0.3) is 11.1 Å². The second-order valence-electron chi connectivity index (χ2n) is 11.2. The summed E-state index contributed by atoms with van der Waals surface area (Å²) in [6.07, 6.45) is 2.12. The molecule has 2 aromatic rings. The molecular weight excluding hydrogens is 396 g/mol. The fourth-order valence-electron chi connectivity index (χ4n) is 4.12. The first kappa shape index (κ1) is 26.0. The minimum atomic E-state index is -0.228. The van der Waals surface area contributed by atoms with Gasteiger partial charge in [-0.15, -0.1) is 0 Å². The maximum Gasteiger partial charge on any atom is 0.311 e. The summed E-state index contributed by atoms with van der Waals surface area (Å²) in [4.78, 5) is 12.8. The normalized spacial score (nSPS) is 12.2. The Bertz CT molecular complexity index is 1010. The highest BCUT2D eigenvalue weighted by molar-refractivity contribution is 5.87. The van der Waals surface area contributed by atoms with Gasteiger partial charge < -0.3 is 9.84 Å². The Balaban J connectivity index is 3.00. The van der Waals surface area contributed by atoms with Gasteiger partial charge in [-0.2, -0.15) is 0 Å². The molecule has 0 heterocycles. The van der Waals surface area contributed by atoms with Gasteiger partial charge in [0.1, 0.15) is 11.5 Å². The number of hydrogen-bond donors (Lipinski definition) is 1. The average Bonchev–Trinajstić information content (AvgIpc) is 2.66. The predicted molar refractivity (Wildman–Crippen MR) is 135 cm³/mol. The number of esters is 1. The van der Waals surface area contributed by atoms with Gasteiger partial charge in [0.15, 0.2) is 0 Å². The lowest BCUT2D eigenvalue weighted by molar-refractivity contribution is -0.134. The van der Waals surface area contributed by atoms with Crippen LogP contribution in [0.5, 0.6) is 11.5 Å². The van der Waals surface area contributed by atoms with Gasteiger partial charge in [-0.1, -0.05) is 67.0 Å². The van der Waals surface area contributed by atoms with E-state index in [1.165, 1.54) is 0 Å². The van der Waals surface area contributed by atoms with Crippen LogP contribution in [-0.4, -0.2) is 11.1 Å². The summed E-state index contributed by atoms with van der Waals surface area (Å²) in [6, 6.07) is 4.21. The van der Waals surface area contributed by atoms with Crippen molar-refractivity contribution in [3.63, 3.8) is 0 Å². The zero-order valence-corrected chi connectivity index (χ0v) is 22.0. The van der Waals surface area contributed by atoms with Crippen LogP contribution in [-0.2, 0) is 15.6 Å². The zero-order valence-electron chi connectivity index (χ0n) is 22.0. The number of unbranched alkanes of at least 4 members (excludes halogenated alkanes) is 1. The molecule has 0 spiro atoms. The standard InChI is InChI=1S/C29H42O3/c1-12-13-14-23(30)32-27-22(29(9,10)11)16-18(3)20(5)25(27)24-19(4)17(2)15-21(26(24)31)28(6,7)8/h15-16,31H,12-14H2,1-11H3. The van der Waals surface area contributed by atoms with E-state index < -0.39 is 0 Å². The molecule has 0 aliphatic carbocycles. The molecule has 2 aromatic carbocycles. The summed E-state index contributed by atoms with van der Waals surface area (Å²) in [5.41, 5.74) is 7.32. The molecule has 0 saturated carbocycles. The van der Waals surface area contributed by atoms with Crippen LogP contribution >= 0.6 is 0 Å². The third-order valence-corrected chi connectivity index (χ3v) is 6.43. The van der Waals surface area contributed by atoms with Crippen LogP contribution in [0.1, 0.15) is 101 Å². The summed E-state index contributed by atoms with van der Waals surface area (Å²) in [7, 11) is 0. The molecule has 0 radical (unpaired) electrons. The Morgan fingerprint density at radius 2 is 1.31 bits per heavy atom. The van der Waals surface area contributed by atoms with E-state index in [0.29, 0.717) is 12.2 Å². The highest BCUT2D eigenvalue weighted by atomic mass is 16.5. The monoisotopic (exact) mass is 438 g/mol. The Hall–Kier alpha value is -2.29. The number of carbonyl (C=O) groups is 1. The molecule has 2 rings (SSSR count). The Labute approximate surface area is 195 Å². The highest BCUT2D eigenvalue weighted by Gasteiger charge is 2.31. The molecule has 0 aliphatic rings. The average molecular weight is 439 g/mol. The molecule has 3 heteroatoms. The molecule has 3 nitrogen and oxygen atoms in total. The summed E-state index contributed by atoms with van der Waals surface area (Å²) in [6.45, 7) is 23.0. The van der Waals surface area contributed by atoms with Crippen LogP contribution in [0.4, 0.5) is 0 Å². The van der Waals surface area contributed by atoms with Crippen molar-refractivity contribution in [1.82, 2.24) is 0 Å². The van der Waals surface area contributed by atoms with Crippen LogP contribution in [0, 0.1) is 27.7 Å². The number of aromatic hydroxyl groups is 1. The molecule has 0 bridgehead atoms. The first-order valence-corrected chi connectivity index (χ1v) is 11.8. The molecule has 0 amide bonds. The number of benzene rings is 2. The van der Waals surface area contributed by atoms with E-state index in [-0.39, 0.29) is 22.5 Å². The van der Waals surface area contributed by atoms with E-state index in [1.54, 1.807) is 0 Å². The smallest absolute Gasteiger partial charge is 0.311 e. The van der Waals surface area contributed by atoms with Crippen molar-refractivity contribution in [1.29, 1.82) is 0 Å². The van der Waals surface area contributed by atoms with Gasteiger partial charge in [0.2, 0.25) is 0 Å². The van der Waals surface area contributed by atoms with E-state index in [1.807, 2.05) is 6.92 Å².